The quantitative estimate of drug-likeness (QED) is 0.537. The molecular formula is C29H38N8O. The highest BCUT2D eigenvalue weighted by atomic mass is 16.2. The summed E-state index contributed by atoms with van der Waals surface area (Å²) in [7, 11) is 0. The van der Waals surface area contributed by atoms with Gasteiger partial charge in [-0.1, -0.05) is 26.2 Å². The summed E-state index contributed by atoms with van der Waals surface area (Å²) in [4.78, 5) is 32.0. The van der Waals surface area contributed by atoms with Crippen LogP contribution < -0.4 is 15.5 Å². The average molecular weight is 515 g/mol. The molecule has 9 nitrogen and oxygen atoms in total. The SMILES string of the molecule is CC1CCN(C2CCN(c3ccc(Nc4ncc5cc6n(c5n4)C4(CCCCC4)CNC6=O)nc3)CC2)C1. The van der Waals surface area contributed by atoms with Gasteiger partial charge in [0.25, 0.3) is 5.91 Å². The van der Waals surface area contributed by atoms with Crippen LogP contribution in [0.1, 0.15) is 68.8 Å². The molecule has 1 aliphatic carbocycles. The largest absolute Gasteiger partial charge is 0.370 e. The maximum atomic E-state index is 12.7. The lowest BCUT2D eigenvalue weighted by Gasteiger charge is -2.42. The van der Waals surface area contributed by atoms with Crippen LogP contribution in [-0.4, -0.2) is 69.1 Å². The van der Waals surface area contributed by atoms with Gasteiger partial charge in [0.1, 0.15) is 17.2 Å². The zero-order valence-electron chi connectivity index (χ0n) is 22.3. The maximum absolute atomic E-state index is 12.7. The van der Waals surface area contributed by atoms with Crippen LogP contribution in [0.5, 0.6) is 0 Å². The van der Waals surface area contributed by atoms with Gasteiger partial charge in [0.2, 0.25) is 5.95 Å². The molecule has 1 unspecified atom stereocenters. The molecule has 1 amide bonds. The van der Waals surface area contributed by atoms with Crippen molar-refractivity contribution in [1.29, 1.82) is 0 Å². The first-order chi connectivity index (χ1) is 18.6. The van der Waals surface area contributed by atoms with Gasteiger partial charge in [0, 0.05) is 43.8 Å². The summed E-state index contributed by atoms with van der Waals surface area (Å²) < 4.78 is 2.20. The summed E-state index contributed by atoms with van der Waals surface area (Å²) in [5.74, 6) is 2.06. The number of hydrogen-bond donors (Lipinski definition) is 2. The molecule has 200 valence electrons. The van der Waals surface area contributed by atoms with Gasteiger partial charge in [-0.15, -0.1) is 0 Å². The van der Waals surface area contributed by atoms with E-state index in [2.05, 4.69) is 43.0 Å². The molecule has 1 spiro atoms. The number of hydrogen-bond acceptors (Lipinski definition) is 7. The summed E-state index contributed by atoms with van der Waals surface area (Å²) in [6.07, 6.45) is 13.3. The van der Waals surface area contributed by atoms with E-state index in [4.69, 9.17) is 9.97 Å². The second kappa shape index (κ2) is 9.52. The van der Waals surface area contributed by atoms with Crippen molar-refractivity contribution in [3.63, 3.8) is 0 Å². The molecule has 3 aromatic rings. The van der Waals surface area contributed by atoms with Gasteiger partial charge in [0.05, 0.1) is 17.4 Å². The second-order valence-electron chi connectivity index (χ2n) is 11.9. The topological polar surface area (TPSA) is 91.2 Å². The first-order valence-electron chi connectivity index (χ1n) is 14.5. The Kier molecular flexibility index (Phi) is 5.98. The van der Waals surface area contributed by atoms with E-state index in [1.807, 2.05) is 24.5 Å². The standard InChI is InChI=1S/C29H38N8O/c1-20-7-12-36(18-20)22-8-13-35(14-9-22)23-5-6-25(30-17-23)33-28-31-16-21-15-24-27(38)32-19-29(10-3-2-4-11-29)37(24)26(21)34-28/h5-6,15-17,20,22H,2-4,7-14,18-19H2,1H3,(H,32,38)(H,30,31,33,34). The smallest absolute Gasteiger partial charge is 0.268 e. The third-order valence-electron chi connectivity index (χ3n) is 9.40. The predicted octanol–water partition coefficient (Wildman–Crippen LogP) is 4.28. The normalized spacial score (nSPS) is 24.1. The summed E-state index contributed by atoms with van der Waals surface area (Å²) in [6.45, 7) is 7.74. The van der Waals surface area contributed by atoms with Gasteiger partial charge in [-0.25, -0.2) is 9.97 Å². The number of likely N-dealkylation sites (tertiary alicyclic amines) is 1. The Bertz CT molecular complexity index is 1320. The molecule has 0 aromatic carbocycles. The third-order valence-corrected chi connectivity index (χ3v) is 9.40. The van der Waals surface area contributed by atoms with Crippen LogP contribution in [0.4, 0.5) is 17.5 Å². The number of aromatic nitrogens is 4. The molecular weight excluding hydrogens is 476 g/mol. The molecule has 3 fully saturated rings. The molecule has 9 heteroatoms. The summed E-state index contributed by atoms with van der Waals surface area (Å²) >= 11 is 0. The molecule has 3 aromatic heterocycles. The molecule has 38 heavy (non-hydrogen) atoms. The number of fused-ring (bicyclic) bond motifs is 4. The molecule has 2 saturated heterocycles. The van der Waals surface area contributed by atoms with Crippen molar-refractivity contribution in [2.24, 2.45) is 5.92 Å². The number of rotatable bonds is 4. The van der Waals surface area contributed by atoms with E-state index < -0.39 is 0 Å². The fourth-order valence-corrected chi connectivity index (χ4v) is 7.27. The second-order valence-corrected chi connectivity index (χ2v) is 11.9. The van der Waals surface area contributed by atoms with Crippen LogP contribution in [0, 0.1) is 5.92 Å². The Hall–Kier alpha value is -3.20. The van der Waals surface area contributed by atoms with E-state index in [1.165, 1.54) is 57.3 Å². The van der Waals surface area contributed by atoms with Crippen molar-refractivity contribution in [3.05, 3.63) is 36.3 Å². The van der Waals surface area contributed by atoms with Crippen molar-refractivity contribution >= 4 is 34.4 Å². The number of nitrogens with zero attached hydrogens (tertiary/aromatic N) is 6. The summed E-state index contributed by atoms with van der Waals surface area (Å²) in [6, 6.07) is 6.83. The van der Waals surface area contributed by atoms with Crippen molar-refractivity contribution in [2.45, 2.75) is 69.9 Å². The minimum atomic E-state index is -0.0881. The zero-order valence-corrected chi connectivity index (χ0v) is 22.3. The highest BCUT2D eigenvalue weighted by Gasteiger charge is 2.41. The Morgan fingerprint density at radius 2 is 1.87 bits per heavy atom. The van der Waals surface area contributed by atoms with Crippen LogP contribution in [0.25, 0.3) is 11.0 Å². The molecule has 1 saturated carbocycles. The minimum absolute atomic E-state index is 0.0232. The van der Waals surface area contributed by atoms with Gasteiger partial charge in [-0.3, -0.25) is 9.69 Å². The van der Waals surface area contributed by atoms with Gasteiger partial charge in [-0.2, -0.15) is 4.98 Å². The number of nitrogens with one attached hydrogen (secondary N) is 2. The molecule has 3 aliphatic heterocycles. The van der Waals surface area contributed by atoms with Crippen LogP contribution in [0.3, 0.4) is 0 Å². The molecule has 7 rings (SSSR count). The maximum Gasteiger partial charge on any atom is 0.268 e. The van der Waals surface area contributed by atoms with Crippen LogP contribution >= 0.6 is 0 Å². The Labute approximate surface area is 224 Å². The van der Waals surface area contributed by atoms with Crippen LogP contribution in [0.2, 0.25) is 0 Å². The van der Waals surface area contributed by atoms with E-state index in [1.54, 1.807) is 0 Å². The molecule has 4 aliphatic rings. The first kappa shape index (κ1) is 23.9. The third kappa shape index (κ3) is 4.21. The highest BCUT2D eigenvalue weighted by molar-refractivity contribution is 5.99. The summed E-state index contributed by atoms with van der Waals surface area (Å²) in [5.41, 5.74) is 2.62. The van der Waals surface area contributed by atoms with E-state index in [0.717, 1.165) is 54.7 Å². The van der Waals surface area contributed by atoms with Crippen LogP contribution in [0.15, 0.2) is 30.6 Å². The average Bonchev–Trinajstić information content (AvgIpc) is 3.57. The fraction of sp³-hybridized carbons (Fsp3) is 0.586. The van der Waals surface area contributed by atoms with Crippen molar-refractivity contribution < 1.29 is 4.79 Å². The molecule has 0 bridgehead atoms. The Morgan fingerprint density at radius 1 is 1.03 bits per heavy atom. The van der Waals surface area contributed by atoms with Crippen LogP contribution in [-0.2, 0) is 5.54 Å². The number of pyridine rings is 1. The molecule has 1 atom stereocenters. The highest BCUT2D eigenvalue weighted by Crippen LogP contribution is 2.40. The van der Waals surface area contributed by atoms with E-state index in [9.17, 15) is 4.79 Å². The van der Waals surface area contributed by atoms with E-state index in [-0.39, 0.29) is 11.4 Å². The van der Waals surface area contributed by atoms with Gasteiger partial charge >= 0.3 is 0 Å². The zero-order chi connectivity index (χ0) is 25.7. The lowest BCUT2D eigenvalue weighted by atomic mass is 9.80. The molecule has 2 N–H and O–H groups in total. The van der Waals surface area contributed by atoms with E-state index >= 15 is 0 Å². The number of carbonyl (C=O) groups is 1. The monoisotopic (exact) mass is 514 g/mol. The molecule has 0 radical (unpaired) electrons. The fourth-order valence-electron chi connectivity index (χ4n) is 7.27. The summed E-state index contributed by atoms with van der Waals surface area (Å²) in [5, 5.41) is 7.33. The lowest BCUT2D eigenvalue weighted by molar-refractivity contribution is 0.0833. The lowest BCUT2D eigenvalue weighted by Crippen LogP contribution is -2.52. The minimum Gasteiger partial charge on any atom is -0.370 e. The van der Waals surface area contributed by atoms with E-state index in [0.29, 0.717) is 18.2 Å². The van der Waals surface area contributed by atoms with Crippen molar-refractivity contribution in [3.8, 4) is 0 Å². The van der Waals surface area contributed by atoms with Crippen molar-refractivity contribution in [1.82, 2.24) is 29.7 Å². The predicted molar refractivity (Wildman–Crippen MR) is 149 cm³/mol. The number of anilines is 3. The van der Waals surface area contributed by atoms with Gasteiger partial charge < -0.3 is 20.1 Å². The van der Waals surface area contributed by atoms with Gasteiger partial charge in [0.15, 0.2) is 0 Å². The Balaban J connectivity index is 1.07. The first-order valence-corrected chi connectivity index (χ1v) is 14.5. The number of piperidine rings is 1. The number of amides is 1. The Morgan fingerprint density at radius 3 is 2.61 bits per heavy atom. The molecule has 6 heterocycles. The van der Waals surface area contributed by atoms with Gasteiger partial charge in [-0.05, 0) is 62.8 Å². The number of carbonyl (C=O) groups excluding carboxylic acids is 1. The van der Waals surface area contributed by atoms with Crippen molar-refractivity contribution in [2.75, 3.05) is 42.9 Å².